The zero-order chi connectivity index (χ0) is 9.97. The van der Waals surface area contributed by atoms with Gasteiger partial charge < -0.3 is 15.0 Å². The third-order valence-electron chi connectivity index (χ3n) is 2.26. The molecule has 74 valence electrons. The first-order valence-corrected chi connectivity index (χ1v) is 4.74. The van der Waals surface area contributed by atoms with Gasteiger partial charge in [-0.1, -0.05) is 0 Å². The van der Waals surface area contributed by atoms with Crippen molar-refractivity contribution in [3.05, 3.63) is 24.4 Å². The molecule has 0 spiro atoms. The van der Waals surface area contributed by atoms with E-state index in [0.717, 1.165) is 23.5 Å². The number of benzene rings is 1. The van der Waals surface area contributed by atoms with Crippen LogP contribution in [0.5, 0.6) is 5.75 Å². The Labute approximate surface area is 83.1 Å². The van der Waals surface area contributed by atoms with E-state index < -0.39 is 0 Å². The Morgan fingerprint density at radius 2 is 2.29 bits per heavy atom. The zero-order valence-corrected chi connectivity index (χ0v) is 8.42. The molecule has 0 amide bonds. The van der Waals surface area contributed by atoms with Crippen LogP contribution in [-0.4, -0.2) is 18.6 Å². The van der Waals surface area contributed by atoms with Crippen LogP contribution in [0.2, 0.25) is 0 Å². The molecule has 0 saturated carbocycles. The number of methoxy groups -OCH3 is 1. The fraction of sp³-hybridized carbons (Fsp3) is 0.273. The Hall–Kier alpha value is -1.64. The summed E-state index contributed by atoms with van der Waals surface area (Å²) >= 11 is 0. The number of aromatic amines is 1. The molecule has 14 heavy (non-hydrogen) atoms. The number of nitrogens with one attached hydrogen (secondary N) is 2. The van der Waals surface area contributed by atoms with Gasteiger partial charge in [0.2, 0.25) is 0 Å². The molecular weight excluding hydrogens is 176 g/mol. The molecule has 2 N–H and O–H groups in total. The molecule has 2 rings (SSSR count). The van der Waals surface area contributed by atoms with Crippen molar-refractivity contribution in [3.8, 4) is 5.75 Å². The number of H-pyrrole nitrogens is 1. The van der Waals surface area contributed by atoms with Crippen LogP contribution in [0.15, 0.2) is 24.4 Å². The molecule has 0 fully saturated rings. The Bertz CT molecular complexity index is 434. The van der Waals surface area contributed by atoms with Gasteiger partial charge in [-0.25, -0.2) is 0 Å². The quantitative estimate of drug-likeness (QED) is 0.780. The monoisotopic (exact) mass is 190 g/mol. The summed E-state index contributed by atoms with van der Waals surface area (Å²) in [5, 5.41) is 4.50. The van der Waals surface area contributed by atoms with Gasteiger partial charge in [0.05, 0.1) is 18.3 Å². The normalized spacial score (nSPS) is 10.4. The van der Waals surface area contributed by atoms with Crippen LogP contribution in [0.3, 0.4) is 0 Å². The molecule has 0 atom stereocenters. The molecule has 2 aromatic rings. The summed E-state index contributed by atoms with van der Waals surface area (Å²) in [7, 11) is 1.68. The number of hydrogen-bond donors (Lipinski definition) is 2. The van der Waals surface area contributed by atoms with Crippen LogP contribution in [0, 0.1) is 0 Å². The fourth-order valence-electron chi connectivity index (χ4n) is 1.57. The first-order chi connectivity index (χ1) is 6.85. The van der Waals surface area contributed by atoms with E-state index in [2.05, 4.69) is 23.3 Å². The van der Waals surface area contributed by atoms with Gasteiger partial charge >= 0.3 is 0 Å². The molecule has 0 bridgehead atoms. The van der Waals surface area contributed by atoms with E-state index in [1.54, 1.807) is 7.11 Å². The molecule has 0 saturated heterocycles. The van der Waals surface area contributed by atoms with Gasteiger partial charge in [-0.15, -0.1) is 0 Å². The number of anilines is 1. The third kappa shape index (κ3) is 1.41. The SMILES string of the molecule is CCNc1c[nH]c2cc(OC)ccc12. The highest BCUT2D eigenvalue weighted by Crippen LogP contribution is 2.26. The number of fused-ring (bicyclic) bond motifs is 1. The Morgan fingerprint density at radius 3 is 3.00 bits per heavy atom. The molecule has 0 radical (unpaired) electrons. The number of hydrogen-bond acceptors (Lipinski definition) is 2. The average molecular weight is 190 g/mol. The Balaban J connectivity index is 2.48. The molecule has 0 unspecified atom stereocenters. The van der Waals surface area contributed by atoms with E-state index in [1.807, 2.05) is 18.3 Å². The van der Waals surface area contributed by atoms with Crippen LogP contribution in [0.25, 0.3) is 10.9 Å². The molecule has 1 heterocycles. The third-order valence-corrected chi connectivity index (χ3v) is 2.26. The van der Waals surface area contributed by atoms with Crippen molar-refractivity contribution < 1.29 is 4.74 Å². The standard InChI is InChI=1S/C11H14N2O/c1-3-12-11-7-13-10-6-8(14-2)4-5-9(10)11/h4-7,12-13H,3H2,1-2H3. The average Bonchev–Trinajstić information content (AvgIpc) is 2.61. The molecule has 3 nitrogen and oxygen atoms in total. The Kier molecular flexibility index (Phi) is 2.31. The summed E-state index contributed by atoms with van der Waals surface area (Å²) in [5.41, 5.74) is 2.24. The second kappa shape index (κ2) is 3.62. The van der Waals surface area contributed by atoms with Gasteiger partial charge in [-0.2, -0.15) is 0 Å². The van der Waals surface area contributed by atoms with Crippen LogP contribution in [0.4, 0.5) is 5.69 Å². The lowest BCUT2D eigenvalue weighted by Crippen LogP contribution is -1.94. The van der Waals surface area contributed by atoms with Crippen molar-refractivity contribution in [1.82, 2.24) is 4.98 Å². The van der Waals surface area contributed by atoms with Crippen molar-refractivity contribution >= 4 is 16.6 Å². The van der Waals surface area contributed by atoms with E-state index in [4.69, 9.17) is 4.74 Å². The van der Waals surface area contributed by atoms with Gasteiger partial charge in [-0.3, -0.25) is 0 Å². The van der Waals surface area contributed by atoms with E-state index >= 15 is 0 Å². The van der Waals surface area contributed by atoms with Gasteiger partial charge in [0.15, 0.2) is 0 Å². The van der Waals surface area contributed by atoms with Crippen LogP contribution in [0.1, 0.15) is 6.92 Å². The van der Waals surface area contributed by atoms with Gasteiger partial charge in [0.1, 0.15) is 5.75 Å². The lowest BCUT2D eigenvalue weighted by atomic mass is 10.2. The van der Waals surface area contributed by atoms with Gasteiger partial charge in [0.25, 0.3) is 0 Å². The van der Waals surface area contributed by atoms with Crippen LogP contribution >= 0.6 is 0 Å². The fourth-order valence-corrected chi connectivity index (χ4v) is 1.57. The van der Waals surface area contributed by atoms with Crippen molar-refractivity contribution in [3.63, 3.8) is 0 Å². The maximum absolute atomic E-state index is 5.15. The molecule has 0 aliphatic carbocycles. The summed E-state index contributed by atoms with van der Waals surface area (Å²) < 4.78 is 5.15. The first-order valence-electron chi connectivity index (χ1n) is 4.74. The largest absolute Gasteiger partial charge is 0.497 e. The van der Waals surface area contributed by atoms with E-state index in [0.29, 0.717) is 0 Å². The molecule has 0 aliphatic rings. The Morgan fingerprint density at radius 1 is 1.43 bits per heavy atom. The topological polar surface area (TPSA) is 37.0 Å². The highest BCUT2D eigenvalue weighted by atomic mass is 16.5. The van der Waals surface area contributed by atoms with E-state index in [9.17, 15) is 0 Å². The van der Waals surface area contributed by atoms with Crippen LogP contribution < -0.4 is 10.1 Å². The van der Waals surface area contributed by atoms with Gasteiger partial charge in [0, 0.05) is 24.2 Å². The number of aromatic nitrogens is 1. The maximum atomic E-state index is 5.15. The summed E-state index contributed by atoms with van der Waals surface area (Å²) in [5.74, 6) is 0.877. The lowest BCUT2D eigenvalue weighted by Gasteiger charge is -2.01. The van der Waals surface area contributed by atoms with Crippen molar-refractivity contribution in [2.45, 2.75) is 6.92 Å². The summed E-state index contributed by atoms with van der Waals surface area (Å²) in [4.78, 5) is 3.21. The summed E-state index contributed by atoms with van der Waals surface area (Å²) in [6, 6.07) is 6.02. The second-order valence-electron chi connectivity index (χ2n) is 3.14. The minimum absolute atomic E-state index is 0.877. The predicted molar refractivity (Wildman–Crippen MR) is 59.0 cm³/mol. The van der Waals surface area contributed by atoms with E-state index in [1.165, 1.54) is 5.39 Å². The van der Waals surface area contributed by atoms with Crippen molar-refractivity contribution in [2.75, 3.05) is 19.0 Å². The summed E-state index contributed by atoms with van der Waals surface area (Å²) in [6.45, 7) is 3.02. The second-order valence-corrected chi connectivity index (χ2v) is 3.14. The minimum atomic E-state index is 0.877. The highest BCUT2D eigenvalue weighted by Gasteiger charge is 2.02. The van der Waals surface area contributed by atoms with Crippen LogP contribution in [-0.2, 0) is 0 Å². The van der Waals surface area contributed by atoms with E-state index in [-0.39, 0.29) is 0 Å². The summed E-state index contributed by atoms with van der Waals surface area (Å²) in [6.07, 6.45) is 1.98. The number of ether oxygens (including phenoxy) is 1. The molecule has 1 aromatic carbocycles. The lowest BCUT2D eigenvalue weighted by molar-refractivity contribution is 0.415. The molecule has 3 heteroatoms. The van der Waals surface area contributed by atoms with Gasteiger partial charge in [-0.05, 0) is 19.1 Å². The zero-order valence-electron chi connectivity index (χ0n) is 8.42. The first kappa shape index (κ1) is 8.94. The molecule has 0 aliphatic heterocycles. The predicted octanol–water partition coefficient (Wildman–Crippen LogP) is 2.61. The number of rotatable bonds is 3. The smallest absolute Gasteiger partial charge is 0.120 e. The maximum Gasteiger partial charge on any atom is 0.120 e. The van der Waals surface area contributed by atoms with Crippen molar-refractivity contribution in [1.29, 1.82) is 0 Å². The highest BCUT2D eigenvalue weighted by molar-refractivity contribution is 5.93. The van der Waals surface area contributed by atoms with Crippen molar-refractivity contribution in [2.24, 2.45) is 0 Å². The molecule has 1 aromatic heterocycles. The molecular formula is C11H14N2O. The minimum Gasteiger partial charge on any atom is -0.497 e.